The monoisotopic (exact) mass is 381 g/mol. The van der Waals surface area contributed by atoms with Crippen LogP contribution < -0.4 is 4.74 Å². The third kappa shape index (κ3) is 2.88. The molecule has 0 saturated heterocycles. The molecular formula is C18H12BrN3O2. The lowest BCUT2D eigenvalue weighted by molar-refractivity contribution is 0.242. The third-order valence-corrected chi connectivity index (χ3v) is 4.40. The van der Waals surface area contributed by atoms with E-state index in [2.05, 4.69) is 37.1 Å². The molecule has 2 aromatic carbocycles. The molecule has 24 heavy (non-hydrogen) atoms. The van der Waals surface area contributed by atoms with E-state index in [-0.39, 0.29) is 6.61 Å². The van der Waals surface area contributed by atoms with E-state index in [0.29, 0.717) is 11.7 Å². The molecule has 0 spiro atoms. The Hall–Kier alpha value is -2.73. The van der Waals surface area contributed by atoms with Gasteiger partial charge in [0.15, 0.2) is 6.61 Å². The molecule has 2 heterocycles. The number of pyridine rings is 1. The largest absolute Gasteiger partial charge is 0.483 e. The summed E-state index contributed by atoms with van der Waals surface area (Å²) in [6, 6.07) is 15.7. The molecule has 5 nitrogen and oxygen atoms in total. The molecule has 0 bridgehead atoms. The van der Waals surface area contributed by atoms with E-state index in [1.807, 2.05) is 42.5 Å². The molecule has 0 unspecified atom stereocenters. The fourth-order valence-corrected chi connectivity index (χ4v) is 3.00. The maximum Gasteiger partial charge on any atom is 0.264 e. The molecule has 0 radical (unpaired) electrons. The smallest absolute Gasteiger partial charge is 0.264 e. The minimum Gasteiger partial charge on any atom is -0.483 e. The first-order chi connectivity index (χ1) is 11.8. The van der Waals surface area contributed by atoms with Gasteiger partial charge >= 0.3 is 0 Å². The Bertz CT molecular complexity index is 986. The maximum atomic E-state index is 5.82. The molecule has 6 heteroatoms. The van der Waals surface area contributed by atoms with Gasteiger partial charge in [-0.05, 0) is 44.9 Å². The molecule has 0 atom stereocenters. The fourth-order valence-electron chi connectivity index (χ4n) is 2.40. The molecule has 0 fully saturated rings. The van der Waals surface area contributed by atoms with Crippen molar-refractivity contribution < 1.29 is 9.26 Å². The number of rotatable bonds is 4. The van der Waals surface area contributed by atoms with E-state index < -0.39 is 0 Å². The van der Waals surface area contributed by atoms with Gasteiger partial charge in [-0.25, -0.2) is 0 Å². The number of ether oxygens (including phenoxy) is 1. The molecule has 0 saturated carbocycles. The highest BCUT2D eigenvalue weighted by Crippen LogP contribution is 2.33. The van der Waals surface area contributed by atoms with Crippen molar-refractivity contribution >= 4 is 26.7 Å². The zero-order valence-corrected chi connectivity index (χ0v) is 14.1. The summed E-state index contributed by atoms with van der Waals surface area (Å²) in [7, 11) is 0. The van der Waals surface area contributed by atoms with Crippen LogP contribution in [-0.2, 0) is 6.61 Å². The van der Waals surface area contributed by atoms with E-state index in [1.165, 1.54) is 0 Å². The summed E-state index contributed by atoms with van der Waals surface area (Å²) in [6.45, 7) is 0.203. The van der Waals surface area contributed by atoms with Crippen molar-refractivity contribution in [1.29, 1.82) is 0 Å². The van der Waals surface area contributed by atoms with E-state index in [1.54, 1.807) is 12.4 Å². The van der Waals surface area contributed by atoms with Crippen LogP contribution in [0.3, 0.4) is 0 Å². The van der Waals surface area contributed by atoms with E-state index in [4.69, 9.17) is 9.26 Å². The van der Waals surface area contributed by atoms with Crippen LogP contribution in [0.25, 0.3) is 22.2 Å². The van der Waals surface area contributed by atoms with E-state index in [9.17, 15) is 0 Å². The second-order valence-corrected chi connectivity index (χ2v) is 5.93. The second kappa shape index (κ2) is 6.41. The Morgan fingerprint density at radius 2 is 1.83 bits per heavy atom. The number of halogens is 1. The average molecular weight is 382 g/mol. The van der Waals surface area contributed by atoms with Crippen molar-refractivity contribution in [2.75, 3.05) is 0 Å². The molecule has 4 rings (SSSR count). The normalized spacial score (nSPS) is 10.9. The highest BCUT2D eigenvalue weighted by molar-refractivity contribution is 9.10. The predicted octanol–water partition coefficient (Wildman–Crippen LogP) is 4.63. The molecule has 4 aromatic rings. The number of nitrogens with zero attached hydrogens (tertiary/aromatic N) is 3. The number of fused-ring (bicyclic) bond motifs is 1. The molecule has 0 amide bonds. The van der Waals surface area contributed by atoms with Gasteiger partial charge in [0.25, 0.3) is 5.89 Å². The number of hydrogen-bond acceptors (Lipinski definition) is 5. The average Bonchev–Trinajstić information content (AvgIpc) is 3.11. The molecule has 0 aliphatic carbocycles. The van der Waals surface area contributed by atoms with Gasteiger partial charge in [0.2, 0.25) is 5.82 Å². The predicted molar refractivity (Wildman–Crippen MR) is 93.5 cm³/mol. The molecule has 0 N–H and O–H groups in total. The zero-order valence-electron chi connectivity index (χ0n) is 12.5. The van der Waals surface area contributed by atoms with Gasteiger partial charge in [0.05, 0.1) is 4.47 Å². The lowest BCUT2D eigenvalue weighted by Crippen LogP contribution is -1.96. The highest BCUT2D eigenvalue weighted by atomic mass is 79.9. The van der Waals surface area contributed by atoms with Gasteiger partial charge in [0, 0.05) is 18.0 Å². The number of hydrogen-bond donors (Lipinski definition) is 0. The minimum atomic E-state index is 0.203. The molecule has 0 aliphatic heterocycles. The molecular weight excluding hydrogens is 370 g/mol. The Morgan fingerprint density at radius 3 is 2.71 bits per heavy atom. The molecule has 118 valence electrons. The SMILES string of the molecule is Brc1c(OCc2nc(-c3ccncc3)no2)ccc2ccccc12. The van der Waals surface area contributed by atoms with Crippen molar-refractivity contribution in [2.45, 2.75) is 6.61 Å². The minimum absolute atomic E-state index is 0.203. The first-order valence-electron chi connectivity index (χ1n) is 7.34. The molecule has 0 aliphatic rings. The lowest BCUT2D eigenvalue weighted by atomic mass is 10.1. The summed E-state index contributed by atoms with van der Waals surface area (Å²) in [6.07, 6.45) is 3.38. The summed E-state index contributed by atoms with van der Waals surface area (Å²) in [5.41, 5.74) is 0.854. The van der Waals surface area contributed by atoms with Gasteiger partial charge in [0.1, 0.15) is 5.75 Å². The Balaban J connectivity index is 1.53. The third-order valence-electron chi connectivity index (χ3n) is 3.59. The van der Waals surface area contributed by atoms with Crippen molar-refractivity contribution in [1.82, 2.24) is 15.1 Å². The van der Waals surface area contributed by atoms with Crippen molar-refractivity contribution in [2.24, 2.45) is 0 Å². The Kier molecular flexibility index (Phi) is 3.96. The van der Waals surface area contributed by atoms with Crippen LogP contribution in [0.4, 0.5) is 0 Å². The Labute approximate surface area is 146 Å². The van der Waals surface area contributed by atoms with Crippen molar-refractivity contribution in [3.8, 4) is 17.1 Å². The van der Waals surface area contributed by atoms with Crippen LogP contribution in [0.2, 0.25) is 0 Å². The van der Waals surface area contributed by atoms with Gasteiger partial charge in [-0.15, -0.1) is 0 Å². The molecule has 2 aromatic heterocycles. The first kappa shape index (κ1) is 14.8. The van der Waals surface area contributed by atoms with Gasteiger partial charge < -0.3 is 9.26 Å². The van der Waals surface area contributed by atoms with Crippen molar-refractivity contribution in [3.63, 3.8) is 0 Å². The highest BCUT2D eigenvalue weighted by Gasteiger charge is 2.11. The maximum absolute atomic E-state index is 5.82. The van der Waals surface area contributed by atoms with Gasteiger partial charge in [-0.3, -0.25) is 4.98 Å². The lowest BCUT2D eigenvalue weighted by Gasteiger charge is -2.08. The van der Waals surface area contributed by atoms with Crippen LogP contribution in [0, 0.1) is 0 Å². The quantitative estimate of drug-likeness (QED) is 0.515. The summed E-state index contributed by atoms with van der Waals surface area (Å²) < 4.78 is 12.0. The first-order valence-corrected chi connectivity index (χ1v) is 8.13. The summed E-state index contributed by atoms with van der Waals surface area (Å²) in [5.74, 6) is 1.67. The summed E-state index contributed by atoms with van der Waals surface area (Å²) in [5, 5.41) is 6.21. The topological polar surface area (TPSA) is 61.0 Å². The van der Waals surface area contributed by atoms with Crippen LogP contribution >= 0.6 is 15.9 Å². The fraction of sp³-hybridized carbons (Fsp3) is 0.0556. The number of benzene rings is 2. The van der Waals surface area contributed by atoms with Crippen LogP contribution in [-0.4, -0.2) is 15.1 Å². The summed E-state index contributed by atoms with van der Waals surface area (Å²) in [4.78, 5) is 8.31. The van der Waals surface area contributed by atoms with Crippen LogP contribution in [0.15, 0.2) is 69.9 Å². The zero-order chi connectivity index (χ0) is 16.4. The van der Waals surface area contributed by atoms with Crippen LogP contribution in [0.1, 0.15) is 5.89 Å². The van der Waals surface area contributed by atoms with Crippen molar-refractivity contribution in [3.05, 3.63) is 71.3 Å². The second-order valence-electron chi connectivity index (χ2n) is 5.14. The van der Waals surface area contributed by atoms with Crippen LogP contribution in [0.5, 0.6) is 5.75 Å². The van der Waals surface area contributed by atoms with E-state index >= 15 is 0 Å². The standard InChI is InChI=1S/C18H12BrN3O2/c19-17-14-4-2-1-3-12(14)5-6-15(17)23-11-16-21-18(22-24-16)13-7-9-20-10-8-13/h1-10H,11H2. The number of aromatic nitrogens is 3. The van der Waals surface area contributed by atoms with E-state index in [0.717, 1.165) is 26.6 Å². The van der Waals surface area contributed by atoms with Gasteiger partial charge in [-0.2, -0.15) is 4.98 Å². The Morgan fingerprint density at radius 1 is 1.00 bits per heavy atom. The summed E-state index contributed by atoms with van der Waals surface area (Å²) >= 11 is 3.60. The van der Waals surface area contributed by atoms with Gasteiger partial charge in [-0.1, -0.05) is 35.5 Å².